The molecule has 150 valence electrons. The molecule has 5 aliphatic rings. The number of rotatable bonds is 2. The summed E-state index contributed by atoms with van der Waals surface area (Å²) in [4.78, 5) is 4.56. The molecule has 3 nitrogen and oxygen atoms in total. The van der Waals surface area contributed by atoms with Crippen LogP contribution in [0.25, 0.3) is 11.1 Å². The van der Waals surface area contributed by atoms with Crippen LogP contribution >= 0.6 is 0 Å². The van der Waals surface area contributed by atoms with Crippen molar-refractivity contribution in [1.82, 2.24) is 9.80 Å². The van der Waals surface area contributed by atoms with E-state index < -0.39 is 0 Å². The molecule has 5 aliphatic carbocycles. The van der Waals surface area contributed by atoms with E-state index in [0.717, 1.165) is 23.7 Å². The summed E-state index contributed by atoms with van der Waals surface area (Å²) in [5, 5.41) is 9.18. The van der Waals surface area contributed by atoms with Crippen molar-refractivity contribution in [2.75, 3.05) is 14.1 Å². The summed E-state index contributed by atoms with van der Waals surface area (Å²) in [6.07, 6.45) is 7.07. The van der Waals surface area contributed by atoms with E-state index in [2.05, 4.69) is 72.4 Å². The van der Waals surface area contributed by atoms with Gasteiger partial charge in [-0.25, -0.2) is 0 Å². The van der Waals surface area contributed by atoms with Gasteiger partial charge in [0, 0.05) is 20.1 Å². The van der Waals surface area contributed by atoms with E-state index >= 15 is 0 Å². The van der Waals surface area contributed by atoms with Crippen molar-refractivity contribution in [2.24, 2.45) is 23.7 Å². The molecule has 7 rings (SSSR count). The van der Waals surface area contributed by atoms with Gasteiger partial charge < -0.3 is 9.80 Å². The first kappa shape index (κ1) is 17.6. The van der Waals surface area contributed by atoms with E-state index in [1.54, 1.807) is 0 Å². The first-order valence-corrected chi connectivity index (χ1v) is 11.3. The average molecular weight is 386 g/mol. The van der Waals surface area contributed by atoms with Gasteiger partial charge in [-0.05, 0) is 78.0 Å². The maximum Gasteiger partial charge on any atom is 0.194 e. The lowest BCUT2D eigenvalue weighted by molar-refractivity contribution is -0.0417. The van der Waals surface area contributed by atoms with Crippen molar-refractivity contribution in [3.05, 3.63) is 59.7 Å². The Balaban J connectivity index is 1.31. The second kappa shape index (κ2) is 6.35. The highest BCUT2D eigenvalue weighted by molar-refractivity contribution is 5.83. The van der Waals surface area contributed by atoms with Gasteiger partial charge in [-0.3, -0.25) is 5.41 Å². The van der Waals surface area contributed by atoms with Crippen LogP contribution in [0.2, 0.25) is 0 Å². The van der Waals surface area contributed by atoms with Gasteiger partial charge >= 0.3 is 0 Å². The Morgan fingerprint density at radius 3 is 1.72 bits per heavy atom. The largest absolute Gasteiger partial charge is 0.343 e. The van der Waals surface area contributed by atoms with Gasteiger partial charge in [0.25, 0.3) is 0 Å². The third kappa shape index (κ3) is 2.52. The highest BCUT2D eigenvalue weighted by Crippen LogP contribution is 2.55. The lowest BCUT2D eigenvalue weighted by Crippen LogP contribution is -2.58. The molecule has 0 aromatic heterocycles. The van der Waals surface area contributed by atoms with E-state index in [4.69, 9.17) is 0 Å². The molecule has 0 spiro atoms. The van der Waals surface area contributed by atoms with Crippen molar-refractivity contribution in [1.29, 1.82) is 5.41 Å². The summed E-state index contributed by atoms with van der Waals surface area (Å²) in [6.45, 7) is 0. The molecular formula is C26H31N3. The number of nitrogens with one attached hydrogen (secondary N) is 1. The third-order valence-electron chi connectivity index (χ3n) is 8.48. The Morgan fingerprint density at radius 1 is 0.724 bits per heavy atom. The zero-order valence-electron chi connectivity index (χ0n) is 17.5. The highest BCUT2D eigenvalue weighted by Gasteiger charge is 2.50. The van der Waals surface area contributed by atoms with Crippen LogP contribution in [0.5, 0.6) is 0 Å². The van der Waals surface area contributed by atoms with E-state index in [9.17, 15) is 5.41 Å². The zero-order chi connectivity index (χ0) is 19.7. The quantitative estimate of drug-likeness (QED) is 0.556. The van der Waals surface area contributed by atoms with Crippen LogP contribution in [0.1, 0.15) is 49.3 Å². The van der Waals surface area contributed by atoms with Gasteiger partial charge in [-0.2, -0.15) is 0 Å². The first-order chi connectivity index (χ1) is 14.1. The van der Waals surface area contributed by atoms with E-state index in [0.29, 0.717) is 12.0 Å². The fourth-order valence-corrected chi connectivity index (χ4v) is 7.59. The lowest BCUT2D eigenvalue weighted by Gasteiger charge is -2.57. The van der Waals surface area contributed by atoms with Gasteiger partial charge in [0.05, 0.1) is 6.04 Å². The lowest BCUT2D eigenvalue weighted by atomic mass is 9.54. The van der Waals surface area contributed by atoms with Gasteiger partial charge in [0.2, 0.25) is 0 Å². The van der Waals surface area contributed by atoms with Crippen LogP contribution in [0.4, 0.5) is 0 Å². The normalized spacial score (nSPS) is 31.4. The van der Waals surface area contributed by atoms with Crippen LogP contribution < -0.4 is 0 Å². The number of fused-ring (bicyclic) bond motifs is 3. The Hall–Kier alpha value is -2.29. The Labute approximate surface area is 174 Å². The number of benzene rings is 2. The highest BCUT2D eigenvalue weighted by atomic mass is 15.4. The van der Waals surface area contributed by atoms with Crippen LogP contribution in [-0.2, 0) is 0 Å². The molecule has 0 atom stereocenters. The number of guanidine groups is 1. The summed E-state index contributed by atoms with van der Waals surface area (Å²) >= 11 is 0. The molecule has 3 heteroatoms. The smallest absolute Gasteiger partial charge is 0.194 e. The minimum atomic E-state index is 0.134. The molecule has 0 radical (unpaired) electrons. The summed E-state index contributed by atoms with van der Waals surface area (Å²) in [7, 11) is 4.32. The Kier molecular flexibility index (Phi) is 3.85. The topological polar surface area (TPSA) is 30.3 Å². The van der Waals surface area contributed by atoms with Crippen LogP contribution in [0.15, 0.2) is 48.5 Å². The Bertz CT molecular complexity index is 890. The van der Waals surface area contributed by atoms with Crippen LogP contribution in [0, 0.1) is 29.1 Å². The van der Waals surface area contributed by atoms with E-state index in [-0.39, 0.29) is 6.04 Å². The van der Waals surface area contributed by atoms with Gasteiger partial charge in [0.15, 0.2) is 5.96 Å². The van der Waals surface area contributed by atoms with Gasteiger partial charge in [-0.1, -0.05) is 48.5 Å². The fraction of sp³-hybridized carbons (Fsp3) is 0.500. The van der Waals surface area contributed by atoms with E-state index in [1.807, 2.05) is 0 Å². The average Bonchev–Trinajstić information content (AvgIpc) is 3.06. The van der Waals surface area contributed by atoms with Crippen molar-refractivity contribution in [3.8, 4) is 11.1 Å². The van der Waals surface area contributed by atoms with Crippen molar-refractivity contribution < 1.29 is 0 Å². The fourth-order valence-electron chi connectivity index (χ4n) is 7.59. The summed E-state index contributed by atoms with van der Waals surface area (Å²) in [5.74, 6) is 4.23. The van der Waals surface area contributed by atoms with Crippen molar-refractivity contribution in [2.45, 2.75) is 44.2 Å². The molecule has 29 heavy (non-hydrogen) atoms. The molecule has 2 aromatic rings. The Morgan fingerprint density at radius 2 is 1.21 bits per heavy atom. The zero-order valence-corrected chi connectivity index (χ0v) is 17.5. The maximum absolute atomic E-state index is 9.18. The monoisotopic (exact) mass is 385 g/mol. The SMILES string of the molecule is CN(C(=N)N(C)C1C2CC3CC(C2)CC1C3)C1c2ccccc2-c2ccccc21. The van der Waals surface area contributed by atoms with Gasteiger partial charge in [-0.15, -0.1) is 0 Å². The van der Waals surface area contributed by atoms with Crippen LogP contribution in [-0.4, -0.2) is 35.9 Å². The van der Waals surface area contributed by atoms with E-state index in [1.165, 1.54) is 54.4 Å². The third-order valence-corrected chi connectivity index (χ3v) is 8.48. The molecule has 0 heterocycles. The minimum absolute atomic E-state index is 0.134. The molecule has 2 aromatic carbocycles. The standard InChI is InChI=1S/C26H31N3/c1-28(24-18-12-16-11-17(14-18)15-19(24)13-16)26(27)29(2)25-22-9-5-3-7-20(22)21-8-4-6-10-23(21)25/h3-10,16-19,24-25,27H,11-15H2,1-2H3. The molecule has 1 N–H and O–H groups in total. The first-order valence-electron chi connectivity index (χ1n) is 11.3. The molecule has 4 fully saturated rings. The predicted octanol–water partition coefficient (Wildman–Crippen LogP) is 5.38. The molecule has 4 saturated carbocycles. The van der Waals surface area contributed by atoms with Crippen LogP contribution in [0.3, 0.4) is 0 Å². The van der Waals surface area contributed by atoms with Crippen molar-refractivity contribution >= 4 is 5.96 Å². The minimum Gasteiger partial charge on any atom is -0.343 e. The summed E-state index contributed by atoms with van der Waals surface area (Å²) < 4.78 is 0. The molecule has 4 bridgehead atoms. The second-order valence-corrected chi connectivity index (χ2v) is 10.0. The van der Waals surface area contributed by atoms with Crippen molar-refractivity contribution in [3.63, 3.8) is 0 Å². The molecule has 0 amide bonds. The molecule has 0 saturated heterocycles. The molecule has 0 unspecified atom stereocenters. The van der Waals surface area contributed by atoms with Gasteiger partial charge in [0.1, 0.15) is 0 Å². The molecular weight excluding hydrogens is 354 g/mol. The number of hydrogen-bond donors (Lipinski definition) is 1. The summed E-state index contributed by atoms with van der Waals surface area (Å²) in [6, 6.07) is 18.2. The second-order valence-electron chi connectivity index (χ2n) is 10.0. The summed E-state index contributed by atoms with van der Waals surface area (Å²) in [5.41, 5.74) is 5.31. The number of hydrogen-bond acceptors (Lipinski definition) is 1. The predicted molar refractivity (Wildman–Crippen MR) is 118 cm³/mol. The molecule has 0 aliphatic heterocycles. The maximum atomic E-state index is 9.18. The number of nitrogens with zero attached hydrogens (tertiary/aromatic N) is 2.